The van der Waals surface area contributed by atoms with Crippen LogP contribution >= 0.6 is 0 Å². The number of hydrogen-bond donors (Lipinski definition) is 2. The van der Waals surface area contributed by atoms with E-state index in [2.05, 4.69) is 15.0 Å². The van der Waals surface area contributed by atoms with Crippen molar-refractivity contribution in [2.24, 2.45) is 0 Å². The zero-order chi connectivity index (χ0) is 13.0. The second-order valence-corrected chi connectivity index (χ2v) is 6.65. The van der Waals surface area contributed by atoms with Gasteiger partial charge in [0, 0.05) is 12.2 Å². The minimum atomic E-state index is -3.25. The Balaban J connectivity index is 1.96. The van der Waals surface area contributed by atoms with Crippen molar-refractivity contribution in [2.75, 3.05) is 13.1 Å². The lowest BCUT2D eigenvalue weighted by Gasteiger charge is -2.22. The Morgan fingerprint density at radius 2 is 2.33 bits per heavy atom. The summed E-state index contributed by atoms with van der Waals surface area (Å²) in [5, 5.41) is 2.79. The molecule has 2 heterocycles. The van der Waals surface area contributed by atoms with Gasteiger partial charge in [-0.15, -0.1) is 0 Å². The van der Waals surface area contributed by atoms with E-state index in [4.69, 9.17) is 0 Å². The van der Waals surface area contributed by atoms with Crippen molar-refractivity contribution in [2.45, 2.75) is 31.6 Å². The first-order chi connectivity index (χ1) is 8.58. The first kappa shape index (κ1) is 13.5. The Kier molecular flexibility index (Phi) is 4.31. The van der Waals surface area contributed by atoms with Crippen LogP contribution in [-0.2, 0) is 16.6 Å². The number of pyridine rings is 1. The van der Waals surface area contributed by atoms with Crippen molar-refractivity contribution in [1.82, 2.24) is 15.0 Å². The quantitative estimate of drug-likeness (QED) is 0.838. The minimum absolute atomic E-state index is 0.264. The van der Waals surface area contributed by atoms with Gasteiger partial charge in [-0.3, -0.25) is 4.98 Å². The first-order valence-corrected chi connectivity index (χ1v) is 7.74. The molecule has 0 amide bonds. The number of aryl methyl sites for hydroxylation is 1. The van der Waals surface area contributed by atoms with E-state index in [1.54, 1.807) is 0 Å². The SMILES string of the molecule is Cc1cccc(CNS(=O)(=O)C2CCCNC2)n1. The summed E-state index contributed by atoms with van der Waals surface area (Å²) >= 11 is 0. The van der Waals surface area contributed by atoms with Crippen LogP contribution < -0.4 is 10.0 Å². The molecule has 100 valence electrons. The maximum Gasteiger partial charge on any atom is 0.216 e. The number of aromatic nitrogens is 1. The molecule has 1 saturated heterocycles. The van der Waals surface area contributed by atoms with Gasteiger partial charge >= 0.3 is 0 Å². The maximum absolute atomic E-state index is 12.1. The fourth-order valence-corrected chi connectivity index (χ4v) is 3.47. The van der Waals surface area contributed by atoms with Gasteiger partial charge in [0.05, 0.1) is 17.5 Å². The molecule has 5 nitrogen and oxygen atoms in total. The molecule has 2 N–H and O–H groups in total. The van der Waals surface area contributed by atoms with Gasteiger partial charge in [0.25, 0.3) is 0 Å². The third kappa shape index (κ3) is 3.51. The fraction of sp³-hybridized carbons (Fsp3) is 0.583. The first-order valence-electron chi connectivity index (χ1n) is 6.20. The van der Waals surface area contributed by atoms with Crippen molar-refractivity contribution in [3.8, 4) is 0 Å². The van der Waals surface area contributed by atoms with Crippen LogP contribution in [-0.4, -0.2) is 31.7 Å². The van der Waals surface area contributed by atoms with Gasteiger partial charge in [-0.25, -0.2) is 13.1 Å². The predicted molar refractivity (Wildman–Crippen MR) is 70.6 cm³/mol. The molecule has 1 unspecified atom stereocenters. The van der Waals surface area contributed by atoms with Crippen molar-refractivity contribution in [3.63, 3.8) is 0 Å². The van der Waals surface area contributed by atoms with Crippen molar-refractivity contribution >= 4 is 10.0 Å². The van der Waals surface area contributed by atoms with Crippen LogP contribution in [0.2, 0.25) is 0 Å². The van der Waals surface area contributed by atoms with Crippen molar-refractivity contribution in [3.05, 3.63) is 29.6 Å². The molecule has 1 aliphatic rings. The molecule has 1 aromatic heterocycles. The molecule has 0 spiro atoms. The van der Waals surface area contributed by atoms with E-state index in [-0.39, 0.29) is 11.8 Å². The number of rotatable bonds is 4. The monoisotopic (exact) mass is 269 g/mol. The highest BCUT2D eigenvalue weighted by Gasteiger charge is 2.26. The van der Waals surface area contributed by atoms with Gasteiger partial charge in [0.1, 0.15) is 0 Å². The molecule has 0 aromatic carbocycles. The lowest BCUT2D eigenvalue weighted by Crippen LogP contribution is -2.44. The number of sulfonamides is 1. The molecule has 1 aliphatic heterocycles. The number of nitrogens with zero attached hydrogens (tertiary/aromatic N) is 1. The summed E-state index contributed by atoms with van der Waals surface area (Å²) in [6, 6.07) is 5.60. The summed E-state index contributed by atoms with van der Waals surface area (Å²) in [6.45, 7) is 3.60. The molecule has 0 aliphatic carbocycles. The highest BCUT2D eigenvalue weighted by molar-refractivity contribution is 7.90. The van der Waals surface area contributed by atoms with E-state index in [9.17, 15) is 8.42 Å². The maximum atomic E-state index is 12.1. The topological polar surface area (TPSA) is 71.1 Å². The minimum Gasteiger partial charge on any atom is -0.315 e. The van der Waals surface area contributed by atoms with E-state index in [0.717, 1.165) is 30.8 Å². The predicted octanol–water partition coefficient (Wildman–Crippen LogP) is 0.561. The lowest BCUT2D eigenvalue weighted by molar-refractivity contribution is 0.489. The molecule has 2 rings (SSSR count). The van der Waals surface area contributed by atoms with Crippen molar-refractivity contribution in [1.29, 1.82) is 0 Å². The number of piperidine rings is 1. The summed E-state index contributed by atoms with van der Waals surface area (Å²) in [4.78, 5) is 4.28. The normalized spacial score (nSPS) is 20.8. The molecule has 1 atom stereocenters. The molecular weight excluding hydrogens is 250 g/mol. The third-order valence-corrected chi connectivity index (χ3v) is 4.92. The Hall–Kier alpha value is -0.980. The Labute approximate surface area is 108 Å². The lowest BCUT2D eigenvalue weighted by atomic mass is 10.2. The molecule has 1 fully saturated rings. The Morgan fingerprint density at radius 3 is 3.00 bits per heavy atom. The zero-order valence-corrected chi connectivity index (χ0v) is 11.3. The smallest absolute Gasteiger partial charge is 0.216 e. The summed E-state index contributed by atoms with van der Waals surface area (Å²) in [6.07, 6.45) is 1.64. The van der Waals surface area contributed by atoms with Crippen LogP contribution in [0.1, 0.15) is 24.2 Å². The van der Waals surface area contributed by atoms with Crippen molar-refractivity contribution < 1.29 is 8.42 Å². The highest BCUT2D eigenvalue weighted by atomic mass is 32.2. The van der Waals surface area contributed by atoms with Gasteiger partial charge in [-0.2, -0.15) is 0 Å². The molecule has 0 bridgehead atoms. The van der Waals surface area contributed by atoms with E-state index < -0.39 is 10.0 Å². The summed E-state index contributed by atoms with van der Waals surface area (Å²) in [7, 11) is -3.25. The highest BCUT2D eigenvalue weighted by Crippen LogP contribution is 2.11. The van der Waals surface area contributed by atoms with Crippen LogP contribution in [0, 0.1) is 6.92 Å². The molecule has 1 aromatic rings. The van der Waals surface area contributed by atoms with Crippen LogP contribution in [0.4, 0.5) is 0 Å². The third-order valence-electron chi connectivity index (χ3n) is 3.09. The summed E-state index contributed by atoms with van der Waals surface area (Å²) in [5.41, 5.74) is 1.65. The van der Waals surface area contributed by atoms with Crippen LogP contribution in [0.15, 0.2) is 18.2 Å². The van der Waals surface area contributed by atoms with Gasteiger partial charge in [0.15, 0.2) is 0 Å². The average Bonchev–Trinajstić information content (AvgIpc) is 2.38. The zero-order valence-electron chi connectivity index (χ0n) is 10.5. The van der Waals surface area contributed by atoms with Gasteiger partial charge in [0.2, 0.25) is 10.0 Å². The molecule has 18 heavy (non-hydrogen) atoms. The van der Waals surface area contributed by atoms with Gasteiger partial charge < -0.3 is 5.32 Å². The second-order valence-electron chi connectivity index (χ2n) is 4.60. The standard InChI is InChI=1S/C12H19N3O2S/c1-10-4-2-5-11(15-10)8-14-18(16,17)12-6-3-7-13-9-12/h2,4-5,12-14H,3,6-9H2,1H3. The van der Waals surface area contributed by atoms with Crippen LogP contribution in [0.5, 0.6) is 0 Å². The largest absolute Gasteiger partial charge is 0.315 e. The number of hydrogen-bond acceptors (Lipinski definition) is 4. The van der Waals surface area contributed by atoms with Gasteiger partial charge in [-0.1, -0.05) is 6.07 Å². The summed E-state index contributed by atoms with van der Waals surface area (Å²) in [5.74, 6) is 0. The molecular formula is C12H19N3O2S. The van der Waals surface area contributed by atoms with E-state index in [1.807, 2.05) is 25.1 Å². The van der Waals surface area contributed by atoms with Crippen LogP contribution in [0.25, 0.3) is 0 Å². The fourth-order valence-electron chi connectivity index (χ4n) is 2.08. The van der Waals surface area contributed by atoms with E-state index >= 15 is 0 Å². The second kappa shape index (κ2) is 5.77. The Bertz CT molecular complexity index is 496. The molecule has 6 heteroatoms. The number of nitrogens with one attached hydrogen (secondary N) is 2. The van der Waals surface area contributed by atoms with Gasteiger partial charge in [-0.05, 0) is 38.4 Å². The molecule has 0 radical (unpaired) electrons. The van der Waals surface area contributed by atoms with Crippen LogP contribution in [0.3, 0.4) is 0 Å². The van der Waals surface area contributed by atoms with E-state index in [1.165, 1.54) is 0 Å². The molecule has 0 saturated carbocycles. The Morgan fingerprint density at radius 1 is 1.50 bits per heavy atom. The van der Waals surface area contributed by atoms with E-state index in [0.29, 0.717) is 6.54 Å². The summed E-state index contributed by atoms with van der Waals surface area (Å²) < 4.78 is 26.8. The average molecular weight is 269 g/mol.